The molecule has 0 radical (unpaired) electrons. The largest absolute Gasteiger partial charge is 0.450 e. The summed E-state index contributed by atoms with van der Waals surface area (Å²) in [4.78, 5) is 40.6. The van der Waals surface area contributed by atoms with Crippen molar-refractivity contribution in [2.75, 3.05) is 20.3 Å². The fourth-order valence-electron chi connectivity index (χ4n) is 5.55. The van der Waals surface area contributed by atoms with Crippen molar-refractivity contribution in [3.63, 3.8) is 0 Å². The lowest BCUT2D eigenvalue weighted by Crippen LogP contribution is -2.57. The van der Waals surface area contributed by atoms with Crippen LogP contribution in [0.4, 0.5) is 4.79 Å². The van der Waals surface area contributed by atoms with Gasteiger partial charge in [-0.1, -0.05) is 69.3 Å². The number of rotatable bonds is 3. The van der Waals surface area contributed by atoms with Crippen LogP contribution in [-0.2, 0) is 31.1 Å². The van der Waals surface area contributed by atoms with E-state index in [1.165, 1.54) is 10.5 Å². The number of primary amides is 1. The average molecular weight is 522 g/mol. The molecule has 0 saturated carbocycles. The van der Waals surface area contributed by atoms with Crippen LogP contribution in [0.1, 0.15) is 57.6 Å². The number of nitrogens with zero attached hydrogens (tertiary/aromatic N) is 1. The number of nitrogens with two attached hydrogens (primary N) is 1. The second-order valence-corrected chi connectivity index (χ2v) is 11.4. The van der Waals surface area contributed by atoms with Gasteiger partial charge >= 0.3 is 6.09 Å². The van der Waals surface area contributed by atoms with Crippen molar-refractivity contribution in [3.05, 3.63) is 59.7 Å². The molecule has 2 heterocycles. The van der Waals surface area contributed by atoms with Gasteiger partial charge in [0.05, 0.1) is 13.2 Å². The smallest absolute Gasteiger partial charge is 0.407 e. The SMILES string of the molecule is CO[C@@]12C[C@@H](C(N)=O)N(C1)C(=O)[C@H](C(C)(C)C)NC(=O)OCCCCCc1cc2ccc1-c1ccccc1. The van der Waals surface area contributed by atoms with Crippen molar-refractivity contribution in [2.24, 2.45) is 11.1 Å². The Balaban J connectivity index is 1.81. The highest BCUT2D eigenvalue weighted by Crippen LogP contribution is 2.42. The van der Waals surface area contributed by atoms with Crippen molar-refractivity contribution in [1.29, 1.82) is 0 Å². The summed E-state index contributed by atoms with van der Waals surface area (Å²) in [5, 5.41) is 2.75. The number of carbonyl (C=O) groups excluding carboxylic acids is 3. The molecule has 4 bridgehead atoms. The molecule has 3 amide bonds. The van der Waals surface area contributed by atoms with Crippen LogP contribution < -0.4 is 11.1 Å². The van der Waals surface area contributed by atoms with E-state index in [0.717, 1.165) is 42.4 Å². The van der Waals surface area contributed by atoms with E-state index < -0.39 is 35.1 Å². The van der Waals surface area contributed by atoms with E-state index in [4.69, 9.17) is 15.2 Å². The summed E-state index contributed by atoms with van der Waals surface area (Å²) in [6, 6.07) is 14.7. The van der Waals surface area contributed by atoms with Crippen molar-refractivity contribution in [3.8, 4) is 11.1 Å². The first-order chi connectivity index (χ1) is 18.1. The van der Waals surface area contributed by atoms with E-state index in [1.807, 2.05) is 45.0 Å². The number of fused-ring (bicyclic) bond motifs is 5. The molecule has 0 spiro atoms. The molecule has 1 saturated heterocycles. The van der Waals surface area contributed by atoms with Crippen LogP contribution in [0.5, 0.6) is 0 Å². The lowest BCUT2D eigenvalue weighted by atomic mass is 9.85. The van der Waals surface area contributed by atoms with Gasteiger partial charge in [0.2, 0.25) is 11.8 Å². The summed E-state index contributed by atoms with van der Waals surface area (Å²) in [5.41, 5.74) is 8.62. The molecule has 8 nitrogen and oxygen atoms in total. The first kappa shape index (κ1) is 27.6. The number of benzene rings is 2. The number of nitrogens with one attached hydrogen (secondary N) is 1. The summed E-state index contributed by atoms with van der Waals surface area (Å²) >= 11 is 0. The highest BCUT2D eigenvalue weighted by molar-refractivity contribution is 5.92. The molecule has 8 heteroatoms. The highest BCUT2D eigenvalue weighted by Gasteiger charge is 2.52. The average Bonchev–Trinajstić information content (AvgIpc) is 3.30. The third-order valence-electron chi connectivity index (χ3n) is 7.74. The second kappa shape index (κ2) is 11.2. The second-order valence-electron chi connectivity index (χ2n) is 11.4. The van der Waals surface area contributed by atoms with Gasteiger partial charge in [0.25, 0.3) is 0 Å². The van der Waals surface area contributed by atoms with Crippen LogP contribution in [0.2, 0.25) is 0 Å². The van der Waals surface area contributed by atoms with Crippen molar-refractivity contribution in [2.45, 2.75) is 70.6 Å². The number of amides is 3. The predicted molar refractivity (Wildman–Crippen MR) is 145 cm³/mol. The van der Waals surface area contributed by atoms with Crippen LogP contribution in [-0.4, -0.2) is 55.2 Å². The molecule has 0 aromatic heterocycles. The molecule has 4 rings (SSSR count). The number of hydrogen-bond acceptors (Lipinski definition) is 5. The number of cyclic esters (lactones) is 1. The number of methoxy groups -OCH3 is 1. The third-order valence-corrected chi connectivity index (χ3v) is 7.74. The van der Waals surface area contributed by atoms with Gasteiger partial charge in [-0.05, 0) is 53.4 Å². The van der Waals surface area contributed by atoms with E-state index in [9.17, 15) is 14.4 Å². The molecule has 0 unspecified atom stereocenters. The lowest BCUT2D eigenvalue weighted by molar-refractivity contribution is -0.141. The number of hydrogen-bond donors (Lipinski definition) is 2. The molecular weight excluding hydrogens is 482 g/mol. The normalized spacial score (nSPS) is 25.0. The van der Waals surface area contributed by atoms with Crippen molar-refractivity contribution >= 4 is 17.9 Å². The van der Waals surface area contributed by atoms with Crippen LogP contribution in [0.3, 0.4) is 0 Å². The van der Waals surface area contributed by atoms with Gasteiger partial charge in [0.15, 0.2) is 0 Å². The maximum absolute atomic E-state index is 13.9. The Labute approximate surface area is 224 Å². The standard InChI is InChI=1S/C30H39N3O5/c1-29(2,3)25-27(35)33-19-30(37-4,18-24(33)26(31)34)22-14-15-23(20-11-7-5-8-12-20)21(17-22)13-9-6-10-16-38-28(36)32-25/h5,7-8,11-12,14-15,17,24-25H,6,9-10,13,16,18-19H2,1-4H3,(H2,31,34)(H,32,36)/t24-,25+,30-/m0/s1. The number of ether oxygens (including phenoxy) is 2. The zero-order chi connectivity index (χ0) is 27.5. The summed E-state index contributed by atoms with van der Waals surface area (Å²) < 4.78 is 11.5. The summed E-state index contributed by atoms with van der Waals surface area (Å²) in [7, 11) is 1.60. The van der Waals surface area contributed by atoms with E-state index in [1.54, 1.807) is 7.11 Å². The maximum atomic E-state index is 13.9. The number of alkyl carbamates (subject to hydrolysis) is 1. The Kier molecular flexibility index (Phi) is 8.11. The molecular formula is C30H39N3O5. The van der Waals surface area contributed by atoms with E-state index >= 15 is 0 Å². The monoisotopic (exact) mass is 521 g/mol. The van der Waals surface area contributed by atoms with Crippen LogP contribution in [0, 0.1) is 5.41 Å². The van der Waals surface area contributed by atoms with Gasteiger partial charge in [-0.3, -0.25) is 9.59 Å². The minimum Gasteiger partial charge on any atom is -0.450 e. The zero-order valence-electron chi connectivity index (χ0n) is 22.8. The van der Waals surface area contributed by atoms with E-state index in [-0.39, 0.29) is 25.5 Å². The summed E-state index contributed by atoms with van der Waals surface area (Å²) in [5.74, 6) is -0.989. The molecule has 204 valence electrons. The topological polar surface area (TPSA) is 111 Å². The molecule has 2 aliphatic rings. The lowest BCUT2D eigenvalue weighted by Gasteiger charge is -2.35. The molecule has 3 atom stereocenters. The molecule has 2 aliphatic heterocycles. The van der Waals surface area contributed by atoms with Gasteiger partial charge in [-0.25, -0.2) is 4.79 Å². The Morgan fingerprint density at radius 1 is 1.11 bits per heavy atom. The Morgan fingerprint density at radius 3 is 2.50 bits per heavy atom. The van der Waals surface area contributed by atoms with Gasteiger partial charge in [0, 0.05) is 13.5 Å². The fourth-order valence-corrected chi connectivity index (χ4v) is 5.55. The Hall–Kier alpha value is -3.39. The van der Waals surface area contributed by atoms with Crippen molar-refractivity contribution in [1.82, 2.24) is 10.2 Å². The molecule has 2 aromatic carbocycles. The molecule has 3 N–H and O–H groups in total. The van der Waals surface area contributed by atoms with Crippen LogP contribution in [0.15, 0.2) is 48.5 Å². The molecule has 38 heavy (non-hydrogen) atoms. The van der Waals surface area contributed by atoms with Crippen molar-refractivity contribution < 1.29 is 23.9 Å². The van der Waals surface area contributed by atoms with E-state index in [2.05, 4.69) is 29.6 Å². The van der Waals surface area contributed by atoms with Gasteiger partial charge in [-0.15, -0.1) is 0 Å². The van der Waals surface area contributed by atoms with Crippen LogP contribution >= 0.6 is 0 Å². The zero-order valence-corrected chi connectivity index (χ0v) is 22.8. The predicted octanol–water partition coefficient (Wildman–Crippen LogP) is 4.15. The molecule has 0 aliphatic carbocycles. The van der Waals surface area contributed by atoms with Crippen LogP contribution in [0.25, 0.3) is 11.1 Å². The first-order valence-electron chi connectivity index (χ1n) is 13.3. The van der Waals surface area contributed by atoms with Gasteiger partial charge in [-0.2, -0.15) is 0 Å². The maximum Gasteiger partial charge on any atom is 0.407 e. The molecule has 2 aromatic rings. The third kappa shape index (κ3) is 5.70. The number of carbonyl (C=O) groups is 3. The minimum absolute atomic E-state index is 0.142. The number of aryl methyl sites for hydroxylation is 1. The Bertz CT molecular complexity index is 1180. The Morgan fingerprint density at radius 2 is 1.84 bits per heavy atom. The summed E-state index contributed by atoms with van der Waals surface area (Å²) in [6.45, 7) is 6.00. The highest BCUT2D eigenvalue weighted by atomic mass is 16.5. The van der Waals surface area contributed by atoms with Gasteiger partial charge in [0.1, 0.15) is 17.7 Å². The first-order valence-corrected chi connectivity index (χ1v) is 13.3. The minimum atomic E-state index is -0.917. The van der Waals surface area contributed by atoms with Gasteiger partial charge < -0.3 is 25.4 Å². The van der Waals surface area contributed by atoms with E-state index in [0.29, 0.717) is 0 Å². The molecule has 1 fully saturated rings. The quantitative estimate of drug-likeness (QED) is 0.631. The summed E-state index contributed by atoms with van der Waals surface area (Å²) in [6.07, 6.45) is 2.96. The fraction of sp³-hybridized carbons (Fsp3) is 0.500.